The summed E-state index contributed by atoms with van der Waals surface area (Å²) in [5.41, 5.74) is 3.20. The van der Waals surface area contributed by atoms with Crippen LogP contribution >= 0.6 is 0 Å². The summed E-state index contributed by atoms with van der Waals surface area (Å²) in [5.74, 6) is 0.450. The van der Waals surface area contributed by atoms with Gasteiger partial charge in [-0.05, 0) is 31.4 Å². The van der Waals surface area contributed by atoms with Gasteiger partial charge in [-0.1, -0.05) is 0 Å². The van der Waals surface area contributed by atoms with Gasteiger partial charge in [-0.15, -0.1) is 0 Å². The van der Waals surface area contributed by atoms with Gasteiger partial charge in [0.2, 0.25) is 0 Å². The van der Waals surface area contributed by atoms with Crippen molar-refractivity contribution in [1.82, 2.24) is 30.2 Å². The topological polar surface area (TPSA) is 93.6 Å². The molecule has 0 radical (unpaired) electrons. The summed E-state index contributed by atoms with van der Waals surface area (Å²) in [6, 6.07) is 3.67. The second-order valence-corrected chi connectivity index (χ2v) is 5.84. The molecule has 0 bridgehead atoms. The van der Waals surface area contributed by atoms with Crippen LogP contribution in [0, 0.1) is 0 Å². The van der Waals surface area contributed by atoms with E-state index in [4.69, 9.17) is 4.98 Å². The van der Waals surface area contributed by atoms with E-state index >= 15 is 0 Å². The van der Waals surface area contributed by atoms with E-state index in [1.807, 2.05) is 18.3 Å². The maximum absolute atomic E-state index is 12.3. The number of nitrogens with zero attached hydrogens (tertiary/aromatic N) is 5. The predicted molar refractivity (Wildman–Crippen MR) is 90.4 cm³/mol. The zero-order chi connectivity index (χ0) is 17.1. The molecule has 0 spiro atoms. The van der Waals surface area contributed by atoms with Gasteiger partial charge < -0.3 is 5.32 Å². The highest BCUT2D eigenvalue weighted by molar-refractivity contribution is 5.92. The molecule has 0 saturated carbocycles. The number of carbonyl (C=O) groups excluding carboxylic acids is 1. The fourth-order valence-electron chi connectivity index (χ4n) is 2.99. The minimum atomic E-state index is -0.232. The highest BCUT2D eigenvalue weighted by Gasteiger charge is 2.24. The standard InChI is InChI=1S/C18H16N6O/c25-18(16-11-20-8-9-21-16)24-15-3-1-2-14-13(15)10-22-17(23-14)12-4-6-19-7-5-12/h4-11,15H,1-3H2,(H,24,25). The quantitative estimate of drug-likeness (QED) is 0.790. The van der Waals surface area contributed by atoms with Gasteiger partial charge in [-0.2, -0.15) is 0 Å². The lowest BCUT2D eigenvalue weighted by Gasteiger charge is -2.25. The predicted octanol–water partition coefficient (Wildman–Crippen LogP) is 2.14. The average molecular weight is 332 g/mol. The van der Waals surface area contributed by atoms with Crippen molar-refractivity contribution >= 4 is 5.91 Å². The number of amides is 1. The third-order valence-electron chi connectivity index (χ3n) is 4.22. The minimum Gasteiger partial charge on any atom is -0.344 e. The summed E-state index contributed by atoms with van der Waals surface area (Å²) in [6.07, 6.45) is 12.5. The van der Waals surface area contributed by atoms with E-state index in [1.54, 1.807) is 18.6 Å². The van der Waals surface area contributed by atoms with E-state index in [1.165, 1.54) is 12.4 Å². The lowest BCUT2D eigenvalue weighted by atomic mass is 9.92. The van der Waals surface area contributed by atoms with Crippen molar-refractivity contribution in [3.63, 3.8) is 0 Å². The molecule has 7 nitrogen and oxygen atoms in total. The van der Waals surface area contributed by atoms with E-state index in [0.29, 0.717) is 11.5 Å². The van der Waals surface area contributed by atoms with E-state index in [0.717, 1.165) is 36.1 Å². The van der Waals surface area contributed by atoms with Gasteiger partial charge in [0.25, 0.3) is 5.91 Å². The van der Waals surface area contributed by atoms with Gasteiger partial charge in [0.05, 0.1) is 12.2 Å². The maximum Gasteiger partial charge on any atom is 0.271 e. The number of aryl methyl sites for hydroxylation is 1. The molecule has 1 aliphatic carbocycles. The van der Waals surface area contributed by atoms with Crippen LogP contribution in [-0.4, -0.2) is 30.8 Å². The SMILES string of the molecule is O=C(NC1CCCc2nc(-c3ccncc3)ncc21)c1cnccn1. The first kappa shape index (κ1) is 15.3. The Morgan fingerprint density at radius 1 is 1.04 bits per heavy atom. The minimum absolute atomic E-state index is 0.107. The van der Waals surface area contributed by atoms with Crippen molar-refractivity contribution in [1.29, 1.82) is 0 Å². The molecule has 1 aliphatic rings. The van der Waals surface area contributed by atoms with Crippen LogP contribution in [-0.2, 0) is 6.42 Å². The third-order valence-corrected chi connectivity index (χ3v) is 4.22. The van der Waals surface area contributed by atoms with Crippen LogP contribution in [0.3, 0.4) is 0 Å². The van der Waals surface area contributed by atoms with Crippen LogP contribution in [0.1, 0.15) is 40.6 Å². The van der Waals surface area contributed by atoms with Gasteiger partial charge in [0.1, 0.15) is 5.69 Å². The third kappa shape index (κ3) is 3.21. The van der Waals surface area contributed by atoms with Crippen molar-refractivity contribution in [3.05, 3.63) is 66.3 Å². The Bertz CT molecular complexity index is 885. The molecule has 0 saturated heterocycles. The number of hydrogen-bond acceptors (Lipinski definition) is 6. The van der Waals surface area contributed by atoms with E-state index < -0.39 is 0 Å². The molecule has 3 aromatic heterocycles. The van der Waals surface area contributed by atoms with Crippen LogP contribution in [0.5, 0.6) is 0 Å². The largest absolute Gasteiger partial charge is 0.344 e. The summed E-state index contributed by atoms with van der Waals surface area (Å²) in [4.78, 5) is 33.5. The van der Waals surface area contributed by atoms with Crippen LogP contribution in [0.4, 0.5) is 0 Å². The highest BCUT2D eigenvalue weighted by Crippen LogP contribution is 2.29. The number of aromatic nitrogens is 5. The van der Waals surface area contributed by atoms with Crippen LogP contribution in [0.15, 0.2) is 49.3 Å². The van der Waals surface area contributed by atoms with Crippen molar-refractivity contribution < 1.29 is 4.79 Å². The summed E-state index contributed by atoms with van der Waals surface area (Å²) in [6.45, 7) is 0. The average Bonchev–Trinajstić information content (AvgIpc) is 2.69. The Labute approximate surface area is 144 Å². The monoisotopic (exact) mass is 332 g/mol. The second-order valence-electron chi connectivity index (χ2n) is 5.84. The van der Waals surface area contributed by atoms with E-state index in [-0.39, 0.29) is 11.9 Å². The molecule has 1 N–H and O–H groups in total. The number of fused-ring (bicyclic) bond motifs is 1. The first-order valence-electron chi connectivity index (χ1n) is 8.14. The fraction of sp³-hybridized carbons (Fsp3) is 0.222. The molecule has 3 heterocycles. The lowest BCUT2D eigenvalue weighted by molar-refractivity contribution is 0.0927. The molecule has 25 heavy (non-hydrogen) atoms. The molecular weight excluding hydrogens is 316 g/mol. The van der Waals surface area contributed by atoms with Gasteiger partial charge in [-0.25, -0.2) is 15.0 Å². The summed E-state index contributed by atoms with van der Waals surface area (Å²) >= 11 is 0. The van der Waals surface area contributed by atoms with E-state index in [2.05, 4.69) is 25.3 Å². The number of nitrogens with one attached hydrogen (secondary N) is 1. The van der Waals surface area contributed by atoms with Crippen molar-refractivity contribution in [2.24, 2.45) is 0 Å². The Hall–Kier alpha value is -3.22. The molecular formula is C18H16N6O. The molecule has 1 amide bonds. The van der Waals surface area contributed by atoms with Crippen LogP contribution in [0.25, 0.3) is 11.4 Å². The Morgan fingerprint density at radius 2 is 1.92 bits per heavy atom. The molecule has 1 atom stereocenters. The molecule has 0 fully saturated rings. The van der Waals surface area contributed by atoms with Gasteiger partial charge in [0, 0.05) is 47.8 Å². The first-order chi connectivity index (χ1) is 12.3. The Morgan fingerprint density at radius 3 is 2.72 bits per heavy atom. The van der Waals surface area contributed by atoms with Gasteiger partial charge >= 0.3 is 0 Å². The van der Waals surface area contributed by atoms with Crippen LogP contribution in [0.2, 0.25) is 0 Å². The van der Waals surface area contributed by atoms with Crippen LogP contribution < -0.4 is 5.32 Å². The lowest BCUT2D eigenvalue weighted by Crippen LogP contribution is -2.32. The number of hydrogen-bond donors (Lipinski definition) is 1. The zero-order valence-electron chi connectivity index (χ0n) is 13.5. The molecule has 1 unspecified atom stereocenters. The smallest absolute Gasteiger partial charge is 0.271 e. The number of carbonyl (C=O) groups is 1. The first-order valence-corrected chi connectivity index (χ1v) is 8.14. The number of rotatable bonds is 3. The Kier molecular flexibility index (Phi) is 4.12. The molecule has 0 aromatic carbocycles. The molecule has 124 valence electrons. The Balaban J connectivity index is 1.59. The molecule has 0 aliphatic heterocycles. The molecule has 4 rings (SSSR count). The van der Waals surface area contributed by atoms with Gasteiger partial charge in [0.15, 0.2) is 5.82 Å². The fourth-order valence-corrected chi connectivity index (χ4v) is 2.99. The molecule has 3 aromatic rings. The van der Waals surface area contributed by atoms with Crippen molar-refractivity contribution in [3.8, 4) is 11.4 Å². The zero-order valence-corrected chi connectivity index (χ0v) is 13.5. The van der Waals surface area contributed by atoms with Crippen molar-refractivity contribution in [2.75, 3.05) is 0 Å². The van der Waals surface area contributed by atoms with E-state index in [9.17, 15) is 4.79 Å². The number of pyridine rings is 1. The molecule has 7 heteroatoms. The maximum atomic E-state index is 12.3. The second kappa shape index (κ2) is 6.72. The summed E-state index contributed by atoms with van der Waals surface area (Å²) < 4.78 is 0. The van der Waals surface area contributed by atoms with Crippen molar-refractivity contribution in [2.45, 2.75) is 25.3 Å². The normalized spacial score (nSPS) is 16.1. The summed E-state index contributed by atoms with van der Waals surface area (Å²) in [7, 11) is 0. The summed E-state index contributed by atoms with van der Waals surface area (Å²) in [5, 5.41) is 3.02. The van der Waals surface area contributed by atoms with Gasteiger partial charge in [-0.3, -0.25) is 14.8 Å². The highest BCUT2D eigenvalue weighted by atomic mass is 16.1.